The SMILES string of the molecule is O=C(Cn1ncc(NCC2(O)C3CC4CC(C3)CC2C4)c(Br)c1=O)NCc1ccncc1. The van der Waals surface area contributed by atoms with Crippen molar-refractivity contribution < 1.29 is 9.90 Å². The molecule has 2 aromatic heterocycles. The molecule has 4 bridgehead atoms. The van der Waals surface area contributed by atoms with E-state index < -0.39 is 5.60 Å². The summed E-state index contributed by atoms with van der Waals surface area (Å²) in [6, 6.07) is 3.64. The number of rotatable bonds is 7. The van der Waals surface area contributed by atoms with Crippen LogP contribution >= 0.6 is 15.9 Å². The van der Waals surface area contributed by atoms with Crippen molar-refractivity contribution in [2.75, 3.05) is 11.9 Å². The average molecular weight is 502 g/mol. The molecular formula is C23H28BrN5O3. The monoisotopic (exact) mass is 501 g/mol. The van der Waals surface area contributed by atoms with Crippen LogP contribution in [0.1, 0.15) is 37.7 Å². The van der Waals surface area contributed by atoms with Gasteiger partial charge in [-0.25, -0.2) is 4.68 Å². The van der Waals surface area contributed by atoms with Crippen LogP contribution in [0.25, 0.3) is 0 Å². The summed E-state index contributed by atoms with van der Waals surface area (Å²) >= 11 is 3.36. The molecule has 2 aromatic rings. The molecule has 8 nitrogen and oxygen atoms in total. The minimum absolute atomic E-state index is 0.167. The molecule has 4 aliphatic carbocycles. The standard InChI is InChI=1S/C23H28BrN5O3/c24-21-19(27-13-23(32)17-6-15-5-16(8-17)9-18(23)7-15)11-28-29(22(21)31)12-20(30)26-10-14-1-3-25-4-2-14/h1-4,11,15-18,27,32H,5-10,12-13H2,(H,26,30). The second-order valence-electron chi connectivity index (χ2n) is 9.62. The molecule has 3 N–H and O–H groups in total. The highest BCUT2D eigenvalue weighted by Gasteiger charge is 2.56. The molecule has 9 heteroatoms. The van der Waals surface area contributed by atoms with E-state index in [1.54, 1.807) is 18.6 Å². The van der Waals surface area contributed by atoms with E-state index in [4.69, 9.17) is 0 Å². The first-order valence-electron chi connectivity index (χ1n) is 11.3. The third-order valence-electron chi connectivity index (χ3n) is 7.63. The van der Waals surface area contributed by atoms with Gasteiger partial charge in [0.2, 0.25) is 5.91 Å². The number of aromatic nitrogens is 3. The van der Waals surface area contributed by atoms with Gasteiger partial charge in [-0.1, -0.05) is 0 Å². The van der Waals surface area contributed by atoms with Crippen LogP contribution in [0.2, 0.25) is 0 Å². The molecule has 32 heavy (non-hydrogen) atoms. The lowest BCUT2D eigenvalue weighted by molar-refractivity contribution is -0.164. The van der Waals surface area contributed by atoms with Crippen molar-refractivity contribution in [2.24, 2.45) is 23.7 Å². The lowest BCUT2D eigenvalue weighted by Crippen LogP contribution is -2.60. The number of amides is 1. The van der Waals surface area contributed by atoms with E-state index in [0.717, 1.165) is 47.8 Å². The summed E-state index contributed by atoms with van der Waals surface area (Å²) in [5.74, 6) is 1.93. The van der Waals surface area contributed by atoms with Crippen LogP contribution in [0, 0.1) is 23.7 Å². The molecule has 170 valence electrons. The number of carbonyl (C=O) groups excluding carboxylic acids is 1. The molecule has 4 fully saturated rings. The zero-order valence-corrected chi connectivity index (χ0v) is 19.4. The third-order valence-corrected chi connectivity index (χ3v) is 8.40. The van der Waals surface area contributed by atoms with Gasteiger partial charge in [0.1, 0.15) is 11.0 Å². The molecule has 0 radical (unpaired) electrons. The van der Waals surface area contributed by atoms with Crippen molar-refractivity contribution in [1.82, 2.24) is 20.1 Å². The Morgan fingerprint density at radius 2 is 1.81 bits per heavy atom. The summed E-state index contributed by atoms with van der Waals surface area (Å²) in [6.45, 7) is 0.608. The van der Waals surface area contributed by atoms with Crippen LogP contribution in [0.4, 0.5) is 5.69 Å². The van der Waals surface area contributed by atoms with E-state index >= 15 is 0 Å². The Morgan fingerprint density at radius 3 is 2.47 bits per heavy atom. The molecule has 1 amide bonds. The largest absolute Gasteiger partial charge is 0.387 e. The maximum absolute atomic E-state index is 12.7. The lowest BCUT2D eigenvalue weighted by Gasteiger charge is -2.59. The van der Waals surface area contributed by atoms with Gasteiger partial charge >= 0.3 is 0 Å². The Kier molecular flexibility index (Phi) is 5.79. The Labute approximate surface area is 195 Å². The molecule has 2 heterocycles. The van der Waals surface area contributed by atoms with Crippen molar-refractivity contribution in [3.05, 3.63) is 51.1 Å². The molecule has 0 spiro atoms. The van der Waals surface area contributed by atoms with Crippen molar-refractivity contribution in [3.63, 3.8) is 0 Å². The molecule has 6 rings (SSSR count). The lowest BCUT2D eigenvalue weighted by atomic mass is 9.50. The molecular weight excluding hydrogens is 474 g/mol. The zero-order chi connectivity index (χ0) is 22.3. The Hall–Kier alpha value is -2.26. The number of carbonyl (C=O) groups is 1. The number of pyridine rings is 1. The van der Waals surface area contributed by atoms with Crippen LogP contribution < -0.4 is 16.2 Å². The van der Waals surface area contributed by atoms with Crippen molar-refractivity contribution in [3.8, 4) is 0 Å². The van der Waals surface area contributed by atoms with Crippen LogP contribution in [0.5, 0.6) is 0 Å². The molecule has 4 aliphatic rings. The number of anilines is 1. The predicted molar refractivity (Wildman–Crippen MR) is 123 cm³/mol. The van der Waals surface area contributed by atoms with Gasteiger partial charge in [0.05, 0.1) is 17.5 Å². The van der Waals surface area contributed by atoms with Gasteiger partial charge in [0.15, 0.2) is 0 Å². The number of nitrogens with one attached hydrogen (secondary N) is 2. The van der Waals surface area contributed by atoms with E-state index in [2.05, 4.69) is 36.6 Å². The zero-order valence-electron chi connectivity index (χ0n) is 17.8. The van der Waals surface area contributed by atoms with Crippen LogP contribution in [0.15, 0.2) is 40.0 Å². The van der Waals surface area contributed by atoms with Gasteiger partial charge in [-0.2, -0.15) is 5.10 Å². The topological polar surface area (TPSA) is 109 Å². The third kappa shape index (κ3) is 4.08. The molecule has 0 aromatic carbocycles. The Balaban J connectivity index is 1.21. The summed E-state index contributed by atoms with van der Waals surface area (Å²) < 4.78 is 1.45. The number of hydrogen-bond donors (Lipinski definition) is 3. The first-order valence-corrected chi connectivity index (χ1v) is 12.1. The van der Waals surface area contributed by atoms with E-state index in [9.17, 15) is 14.7 Å². The highest BCUT2D eigenvalue weighted by Crippen LogP contribution is 2.58. The first kappa shape index (κ1) is 21.6. The smallest absolute Gasteiger partial charge is 0.283 e. The number of hydrogen-bond acceptors (Lipinski definition) is 6. The fourth-order valence-corrected chi connectivity index (χ4v) is 6.57. The van der Waals surface area contributed by atoms with E-state index in [-0.39, 0.29) is 18.0 Å². The molecule has 4 saturated carbocycles. The quantitative estimate of drug-likeness (QED) is 0.537. The van der Waals surface area contributed by atoms with E-state index in [1.165, 1.54) is 6.42 Å². The summed E-state index contributed by atoms with van der Waals surface area (Å²) in [5, 5.41) is 21.7. The Morgan fingerprint density at radius 1 is 1.16 bits per heavy atom. The maximum Gasteiger partial charge on any atom is 0.283 e. The normalized spacial score (nSPS) is 30.3. The van der Waals surface area contributed by atoms with Crippen LogP contribution in [-0.2, 0) is 17.9 Å². The van der Waals surface area contributed by atoms with Gasteiger partial charge in [-0.3, -0.25) is 14.6 Å². The van der Waals surface area contributed by atoms with Crippen LogP contribution in [0.3, 0.4) is 0 Å². The van der Waals surface area contributed by atoms with Gasteiger partial charge in [0, 0.05) is 25.5 Å². The summed E-state index contributed by atoms with van der Waals surface area (Å²) in [5.41, 5.74) is 0.364. The molecule has 0 atom stereocenters. The van der Waals surface area contributed by atoms with Gasteiger partial charge in [-0.05, 0) is 89.4 Å². The van der Waals surface area contributed by atoms with Crippen molar-refractivity contribution in [1.29, 1.82) is 0 Å². The number of aliphatic hydroxyl groups is 1. The summed E-state index contributed by atoms with van der Waals surface area (Å²) in [7, 11) is 0. The average Bonchev–Trinajstić information content (AvgIpc) is 2.79. The van der Waals surface area contributed by atoms with E-state index in [0.29, 0.717) is 35.1 Å². The first-order chi connectivity index (χ1) is 15.4. The highest BCUT2D eigenvalue weighted by atomic mass is 79.9. The molecule has 0 saturated heterocycles. The second kappa shape index (κ2) is 8.59. The minimum atomic E-state index is -0.728. The maximum atomic E-state index is 12.7. The molecule has 0 unspecified atom stereocenters. The number of nitrogens with zero attached hydrogens (tertiary/aromatic N) is 3. The van der Waals surface area contributed by atoms with Gasteiger partial charge in [0.25, 0.3) is 5.56 Å². The number of halogens is 1. The summed E-state index contributed by atoms with van der Waals surface area (Å²) in [6.07, 6.45) is 10.6. The van der Waals surface area contributed by atoms with Gasteiger partial charge < -0.3 is 15.7 Å². The van der Waals surface area contributed by atoms with E-state index in [1.807, 2.05) is 12.1 Å². The molecule has 0 aliphatic heterocycles. The fourth-order valence-electron chi connectivity index (χ4n) is 6.12. The second-order valence-corrected chi connectivity index (χ2v) is 10.4. The van der Waals surface area contributed by atoms with Crippen molar-refractivity contribution in [2.45, 2.75) is 50.8 Å². The predicted octanol–water partition coefficient (Wildman–Crippen LogP) is 2.32. The Bertz CT molecular complexity index is 1030. The van der Waals surface area contributed by atoms with Gasteiger partial charge in [-0.15, -0.1) is 0 Å². The van der Waals surface area contributed by atoms with Crippen LogP contribution in [-0.4, -0.2) is 37.9 Å². The highest BCUT2D eigenvalue weighted by molar-refractivity contribution is 9.10. The minimum Gasteiger partial charge on any atom is -0.387 e. The fraction of sp³-hybridized carbons (Fsp3) is 0.565. The van der Waals surface area contributed by atoms with Crippen molar-refractivity contribution >= 4 is 27.5 Å². The summed E-state index contributed by atoms with van der Waals surface area (Å²) in [4.78, 5) is 28.9.